The number of aryl methyl sites for hydroxylation is 2. The molecule has 0 spiro atoms. The van der Waals surface area contributed by atoms with Crippen molar-refractivity contribution in [2.24, 2.45) is 23.2 Å². The highest BCUT2D eigenvalue weighted by atomic mass is 32.2. The number of rotatable bonds is 7. The zero-order valence-electron chi connectivity index (χ0n) is 17.8. The number of amides is 1. The maximum atomic E-state index is 12.5. The van der Waals surface area contributed by atoms with Gasteiger partial charge in [0.2, 0.25) is 15.9 Å². The van der Waals surface area contributed by atoms with Crippen LogP contribution in [0.15, 0.2) is 23.1 Å². The zero-order chi connectivity index (χ0) is 20.8. The first kappa shape index (κ1) is 20.9. The van der Waals surface area contributed by atoms with E-state index in [1.807, 2.05) is 19.9 Å². The van der Waals surface area contributed by atoms with E-state index in [9.17, 15) is 13.2 Å². The van der Waals surface area contributed by atoms with Gasteiger partial charge in [0, 0.05) is 19.0 Å². The van der Waals surface area contributed by atoms with E-state index in [2.05, 4.69) is 17.0 Å². The number of carbonyl (C=O) groups excluding carboxylic acids is 1. The Balaban J connectivity index is 1.29. The van der Waals surface area contributed by atoms with E-state index in [4.69, 9.17) is 0 Å². The minimum absolute atomic E-state index is 0.0592. The first-order valence-electron chi connectivity index (χ1n) is 11.0. The molecule has 2 N–H and O–H groups in total. The number of benzene rings is 1. The van der Waals surface area contributed by atoms with Crippen molar-refractivity contribution < 1.29 is 13.2 Å². The Bertz CT molecular complexity index is 858. The molecular weight excluding hydrogens is 384 g/mol. The third kappa shape index (κ3) is 4.24. The zero-order valence-corrected chi connectivity index (χ0v) is 18.6. The van der Waals surface area contributed by atoms with Crippen molar-refractivity contribution in [3.8, 4) is 0 Å². The van der Waals surface area contributed by atoms with Gasteiger partial charge in [-0.15, -0.1) is 0 Å². The molecule has 4 bridgehead atoms. The summed E-state index contributed by atoms with van der Waals surface area (Å²) in [5.74, 6) is 2.50. The summed E-state index contributed by atoms with van der Waals surface area (Å²) < 4.78 is 27.5. The van der Waals surface area contributed by atoms with E-state index in [1.54, 1.807) is 12.1 Å². The summed E-state index contributed by atoms with van der Waals surface area (Å²) in [6, 6.07) is 5.26. The van der Waals surface area contributed by atoms with Gasteiger partial charge in [0.25, 0.3) is 0 Å². The third-order valence-corrected chi connectivity index (χ3v) is 9.27. The first-order chi connectivity index (χ1) is 13.7. The van der Waals surface area contributed by atoms with Crippen molar-refractivity contribution in [3.63, 3.8) is 0 Å². The maximum Gasteiger partial charge on any atom is 0.240 e. The number of hydrogen-bond acceptors (Lipinski definition) is 3. The summed E-state index contributed by atoms with van der Waals surface area (Å²) in [5.41, 5.74) is 2.26. The highest BCUT2D eigenvalue weighted by Gasteiger charge is 2.53. The fourth-order valence-electron chi connectivity index (χ4n) is 6.44. The van der Waals surface area contributed by atoms with Gasteiger partial charge in [-0.25, -0.2) is 13.1 Å². The minimum Gasteiger partial charge on any atom is -0.353 e. The highest BCUT2D eigenvalue weighted by Crippen LogP contribution is 2.61. The lowest BCUT2D eigenvalue weighted by molar-refractivity contribution is -0.125. The molecule has 5 rings (SSSR count). The molecule has 0 unspecified atom stereocenters. The number of nitrogens with one attached hydrogen (secondary N) is 2. The summed E-state index contributed by atoms with van der Waals surface area (Å²) in [6.07, 6.45) is 8.08. The Kier molecular flexibility index (Phi) is 5.53. The third-order valence-electron chi connectivity index (χ3n) is 7.81. The summed E-state index contributed by atoms with van der Waals surface area (Å²) in [7, 11) is -3.59. The van der Waals surface area contributed by atoms with E-state index in [0.29, 0.717) is 0 Å². The Hall–Kier alpha value is -1.40. The van der Waals surface area contributed by atoms with Crippen LogP contribution in [0.25, 0.3) is 0 Å². The SMILES string of the molecule is Cc1ccc(S(=O)(=O)NCCC(=O)N[C@@H](C)C23CC4CC(CC(C4)C2)C3)cc1C. The van der Waals surface area contributed by atoms with Gasteiger partial charge in [0.05, 0.1) is 4.90 Å². The quantitative estimate of drug-likeness (QED) is 0.709. The van der Waals surface area contributed by atoms with E-state index < -0.39 is 10.0 Å². The predicted octanol–water partition coefficient (Wildman–Crippen LogP) is 3.69. The molecule has 29 heavy (non-hydrogen) atoms. The monoisotopic (exact) mass is 418 g/mol. The van der Waals surface area contributed by atoms with Gasteiger partial charge in [-0.05, 0) is 106 Å². The Morgan fingerprint density at radius 2 is 1.66 bits per heavy atom. The molecule has 4 saturated carbocycles. The first-order valence-corrected chi connectivity index (χ1v) is 12.5. The highest BCUT2D eigenvalue weighted by molar-refractivity contribution is 7.89. The van der Waals surface area contributed by atoms with Crippen LogP contribution in [-0.2, 0) is 14.8 Å². The molecule has 1 atom stereocenters. The second-order valence-electron chi connectivity index (χ2n) is 9.96. The molecule has 4 aliphatic rings. The Labute approximate surface area is 175 Å². The summed E-state index contributed by atoms with van der Waals surface area (Å²) >= 11 is 0. The van der Waals surface area contributed by atoms with Crippen LogP contribution in [0.4, 0.5) is 0 Å². The maximum absolute atomic E-state index is 12.5. The van der Waals surface area contributed by atoms with E-state index in [0.717, 1.165) is 28.9 Å². The molecular formula is C23H34N2O3S. The molecule has 0 saturated heterocycles. The molecule has 5 nitrogen and oxygen atoms in total. The van der Waals surface area contributed by atoms with Gasteiger partial charge < -0.3 is 5.32 Å². The van der Waals surface area contributed by atoms with E-state index in [-0.39, 0.29) is 35.2 Å². The summed E-state index contributed by atoms with van der Waals surface area (Å²) in [4.78, 5) is 12.8. The van der Waals surface area contributed by atoms with Gasteiger partial charge in [0.15, 0.2) is 0 Å². The van der Waals surface area contributed by atoms with Crippen LogP contribution < -0.4 is 10.0 Å². The molecule has 0 radical (unpaired) electrons. The van der Waals surface area contributed by atoms with Crippen LogP contribution in [0.3, 0.4) is 0 Å². The van der Waals surface area contributed by atoms with Crippen LogP contribution in [0.2, 0.25) is 0 Å². The summed E-state index contributed by atoms with van der Waals surface area (Å²) in [6.45, 7) is 6.13. The van der Waals surface area contributed by atoms with Gasteiger partial charge >= 0.3 is 0 Å². The van der Waals surface area contributed by atoms with Crippen molar-refractivity contribution >= 4 is 15.9 Å². The van der Waals surface area contributed by atoms with Gasteiger partial charge in [-0.2, -0.15) is 0 Å². The van der Waals surface area contributed by atoms with Crippen molar-refractivity contribution in [3.05, 3.63) is 29.3 Å². The predicted molar refractivity (Wildman–Crippen MR) is 114 cm³/mol. The molecule has 160 valence electrons. The van der Waals surface area contributed by atoms with Crippen LogP contribution in [-0.4, -0.2) is 26.9 Å². The molecule has 6 heteroatoms. The Morgan fingerprint density at radius 1 is 1.07 bits per heavy atom. The minimum atomic E-state index is -3.59. The molecule has 0 aromatic heterocycles. The fourth-order valence-corrected chi connectivity index (χ4v) is 7.55. The number of carbonyl (C=O) groups is 1. The van der Waals surface area contributed by atoms with Crippen molar-refractivity contribution in [1.82, 2.24) is 10.0 Å². The molecule has 4 fully saturated rings. The topological polar surface area (TPSA) is 75.3 Å². The standard InChI is InChI=1S/C23H34N2O3S/c1-15-4-5-21(8-16(15)2)29(27,28)24-7-6-22(26)25-17(3)23-12-18-9-19(13-23)11-20(10-18)14-23/h4-5,8,17-20,24H,6-7,9-14H2,1-3H3,(H,25,26)/t17-,18?,19?,20?,23?/m0/s1. The fraction of sp³-hybridized carbons (Fsp3) is 0.696. The second-order valence-corrected chi connectivity index (χ2v) is 11.7. The molecule has 4 aliphatic carbocycles. The van der Waals surface area contributed by atoms with Crippen LogP contribution in [0.5, 0.6) is 0 Å². The summed E-state index contributed by atoms with van der Waals surface area (Å²) in [5, 5.41) is 3.21. The van der Waals surface area contributed by atoms with E-state index >= 15 is 0 Å². The smallest absolute Gasteiger partial charge is 0.240 e. The second kappa shape index (κ2) is 7.69. The van der Waals surface area contributed by atoms with Gasteiger partial charge in [0.1, 0.15) is 0 Å². The van der Waals surface area contributed by atoms with Crippen molar-refractivity contribution in [2.45, 2.75) is 76.7 Å². The average Bonchev–Trinajstić information content (AvgIpc) is 2.62. The molecule has 1 aromatic rings. The van der Waals surface area contributed by atoms with Crippen LogP contribution in [0, 0.1) is 37.0 Å². The van der Waals surface area contributed by atoms with Crippen molar-refractivity contribution in [2.75, 3.05) is 6.54 Å². The Morgan fingerprint density at radius 3 is 2.21 bits per heavy atom. The van der Waals surface area contributed by atoms with Crippen LogP contribution in [0.1, 0.15) is 63.0 Å². The molecule has 0 heterocycles. The lowest BCUT2D eigenvalue weighted by atomic mass is 9.48. The largest absolute Gasteiger partial charge is 0.353 e. The normalized spacial score (nSPS) is 31.6. The van der Waals surface area contributed by atoms with Gasteiger partial charge in [-0.1, -0.05) is 6.07 Å². The molecule has 1 aromatic carbocycles. The van der Waals surface area contributed by atoms with E-state index in [1.165, 1.54) is 38.5 Å². The van der Waals surface area contributed by atoms with Crippen molar-refractivity contribution in [1.29, 1.82) is 0 Å². The lowest BCUT2D eigenvalue weighted by Crippen LogP contribution is -2.56. The van der Waals surface area contributed by atoms with Crippen LogP contribution >= 0.6 is 0 Å². The number of hydrogen-bond donors (Lipinski definition) is 2. The molecule has 0 aliphatic heterocycles. The molecule has 1 amide bonds. The number of sulfonamides is 1. The lowest BCUT2D eigenvalue weighted by Gasteiger charge is -2.59. The van der Waals surface area contributed by atoms with Gasteiger partial charge in [-0.3, -0.25) is 4.79 Å². The average molecular weight is 419 g/mol.